The molecule has 1 atom stereocenters. The molecule has 2 aromatic carbocycles. The van der Waals surface area contributed by atoms with Gasteiger partial charge < -0.3 is 19.3 Å². The van der Waals surface area contributed by atoms with Crippen molar-refractivity contribution in [1.29, 1.82) is 10.5 Å². The fourth-order valence-electron chi connectivity index (χ4n) is 4.72. The van der Waals surface area contributed by atoms with E-state index in [2.05, 4.69) is 55.2 Å². The van der Waals surface area contributed by atoms with Crippen molar-refractivity contribution in [1.82, 2.24) is 9.97 Å². The SMILES string of the molecule is CC(C)(C)[Si](C)(C)OC[C@@]1(C)CN([B]C=O)c2c(C#N)cc(-c3ccnc(Nc4cc(C#N)ccc4C(F)(F)F)n3)cc21. The zero-order valence-electron chi connectivity index (χ0n) is 24.8. The van der Waals surface area contributed by atoms with Crippen molar-refractivity contribution in [3.63, 3.8) is 0 Å². The second-order valence-corrected chi connectivity index (χ2v) is 17.1. The highest BCUT2D eigenvalue weighted by Gasteiger charge is 2.44. The van der Waals surface area contributed by atoms with Crippen LogP contribution in [-0.2, 0) is 20.8 Å². The lowest BCUT2D eigenvalue weighted by Crippen LogP contribution is -2.46. The first kappa shape index (κ1) is 31.7. The van der Waals surface area contributed by atoms with Gasteiger partial charge in [0.2, 0.25) is 5.95 Å². The molecule has 0 saturated heterocycles. The van der Waals surface area contributed by atoms with Crippen molar-refractivity contribution in [2.75, 3.05) is 23.3 Å². The second kappa shape index (κ2) is 11.5. The van der Waals surface area contributed by atoms with Crippen LogP contribution in [0.2, 0.25) is 18.1 Å². The van der Waals surface area contributed by atoms with E-state index in [-0.39, 0.29) is 22.2 Å². The van der Waals surface area contributed by atoms with Crippen molar-refractivity contribution in [2.45, 2.75) is 57.4 Å². The number of hydrogen-bond acceptors (Lipinski definition) is 8. The van der Waals surface area contributed by atoms with Crippen LogP contribution in [-0.4, -0.2) is 45.0 Å². The van der Waals surface area contributed by atoms with Crippen molar-refractivity contribution in [2.24, 2.45) is 0 Å². The summed E-state index contributed by atoms with van der Waals surface area (Å²) in [5.41, 5.74) is 0.777. The van der Waals surface area contributed by atoms with Gasteiger partial charge in [0, 0.05) is 36.0 Å². The third kappa shape index (κ3) is 6.43. The summed E-state index contributed by atoms with van der Waals surface area (Å²) < 4.78 is 47.6. The van der Waals surface area contributed by atoms with E-state index in [1.807, 2.05) is 19.1 Å². The molecule has 1 aromatic heterocycles. The largest absolute Gasteiger partial charge is 0.418 e. The highest BCUT2D eigenvalue weighted by molar-refractivity contribution is 6.74. The summed E-state index contributed by atoms with van der Waals surface area (Å²) in [6.45, 7) is 13.6. The van der Waals surface area contributed by atoms with E-state index in [4.69, 9.17) is 4.43 Å². The van der Waals surface area contributed by atoms with Crippen LogP contribution in [0.1, 0.15) is 49.9 Å². The van der Waals surface area contributed by atoms with E-state index >= 15 is 0 Å². The van der Waals surface area contributed by atoms with Crippen LogP contribution in [0.5, 0.6) is 0 Å². The number of halogens is 3. The minimum atomic E-state index is -4.67. The molecule has 0 aliphatic carbocycles. The molecule has 4 rings (SSSR count). The summed E-state index contributed by atoms with van der Waals surface area (Å²) in [6, 6.07) is 12.2. The van der Waals surface area contributed by atoms with Crippen LogP contribution in [0.4, 0.5) is 30.5 Å². The van der Waals surface area contributed by atoms with Gasteiger partial charge in [-0.25, -0.2) is 9.97 Å². The van der Waals surface area contributed by atoms with Crippen LogP contribution in [0.15, 0.2) is 42.6 Å². The lowest BCUT2D eigenvalue weighted by Gasteiger charge is -2.39. The van der Waals surface area contributed by atoms with Crippen molar-refractivity contribution in [3.05, 3.63) is 64.8 Å². The van der Waals surface area contributed by atoms with E-state index in [9.17, 15) is 28.5 Å². The molecule has 0 amide bonds. The molecule has 1 radical (unpaired) electrons. The summed E-state index contributed by atoms with van der Waals surface area (Å²) in [5.74, 6) is -0.114. The molecule has 0 saturated carbocycles. The lowest BCUT2D eigenvalue weighted by molar-refractivity contribution is -0.136. The van der Waals surface area contributed by atoms with E-state index in [1.54, 1.807) is 16.9 Å². The Labute approximate surface area is 250 Å². The fraction of sp³-hybridized carbons (Fsp3) is 0.367. The molecule has 2 heterocycles. The van der Waals surface area contributed by atoms with Gasteiger partial charge in [-0.15, -0.1) is 0 Å². The predicted molar refractivity (Wildman–Crippen MR) is 162 cm³/mol. The zero-order chi connectivity index (χ0) is 31.8. The van der Waals surface area contributed by atoms with Gasteiger partial charge >= 0.3 is 13.6 Å². The van der Waals surface area contributed by atoms with Crippen LogP contribution in [0.3, 0.4) is 0 Å². The maximum atomic E-state index is 13.7. The Bertz CT molecular complexity index is 1640. The number of anilines is 3. The molecule has 0 spiro atoms. The van der Waals surface area contributed by atoms with Crippen molar-refractivity contribution in [3.8, 4) is 23.4 Å². The average molecular weight is 604 g/mol. The minimum Gasteiger partial charge on any atom is -0.416 e. The maximum absolute atomic E-state index is 13.7. The van der Waals surface area contributed by atoms with Gasteiger partial charge in [-0.3, -0.25) is 0 Å². The number of rotatable bonds is 8. The molecule has 221 valence electrons. The number of aromatic nitrogens is 2. The minimum absolute atomic E-state index is 0.0256. The van der Waals surface area contributed by atoms with Crippen LogP contribution in [0, 0.1) is 22.7 Å². The summed E-state index contributed by atoms with van der Waals surface area (Å²) in [5, 5.41) is 21.9. The van der Waals surface area contributed by atoms with Gasteiger partial charge in [-0.2, -0.15) is 23.7 Å². The summed E-state index contributed by atoms with van der Waals surface area (Å²) in [6.07, 6.45) is -2.59. The molecular formula is C30H31BF3N6O2Si. The fourth-order valence-corrected chi connectivity index (χ4v) is 5.83. The Morgan fingerprint density at radius 2 is 1.88 bits per heavy atom. The Hall–Kier alpha value is -4.20. The molecule has 1 aliphatic heterocycles. The van der Waals surface area contributed by atoms with Gasteiger partial charge in [0.25, 0.3) is 0 Å². The quantitative estimate of drug-likeness (QED) is 0.228. The normalized spacial score (nSPS) is 16.7. The monoisotopic (exact) mass is 603 g/mol. The van der Waals surface area contributed by atoms with Crippen LogP contribution < -0.4 is 10.1 Å². The Morgan fingerprint density at radius 3 is 2.49 bits per heavy atom. The molecule has 1 aliphatic rings. The Balaban J connectivity index is 1.78. The second-order valence-electron chi connectivity index (χ2n) is 12.3. The Kier molecular flexibility index (Phi) is 8.47. The van der Waals surface area contributed by atoms with E-state index in [0.29, 0.717) is 41.8 Å². The van der Waals surface area contributed by atoms with Crippen molar-refractivity contribution >= 4 is 39.2 Å². The number of carbonyl (C=O) groups is 1. The molecule has 0 unspecified atom stereocenters. The molecule has 8 nitrogen and oxygen atoms in total. The highest BCUT2D eigenvalue weighted by atomic mass is 28.4. The van der Waals surface area contributed by atoms with Gasteiger partial charge in [0.1, 0.15) is 12.3 Å². The first-order valence-electron chi connectivity index (χ1n) is 13.5. The highest BCUT2D eigenvalue weighted by Crippen LogP contribution is 2.46. The molecule has 13 heteroatoms. The van der Waals surface area contributed by atoms with Crippen molar-refractivity contribution < 1.29 is 22.4 Å². The summed E-state index contributed by atoms with van der Waals surface area (Å²) in [4.78, 5) is 21.8. The average Bonchev–Trinajstić information content (AvgIpc) is 3.22. The summed E-state index contributed by atoms with van der Waals surface area (Å²) in [7, 11) is -0.743. The number of hydrogen-bond donors (Lipinski definition) is 1. The first-order valence-corrected chi connectivity index (χ1v) is 16.4. The third-order valence-corrected chi connectivity index (χ3v) is 12.6. The van der Waals surface area contributed by atoms with E-state index < -0.39 is 25.5 Å². The van der Waals surface area contributed by atoms with E-state index in [0.717, 1.165) is 23.8 Å². The Morgan fingerprint density at radius 1 is 1.16 bits per heavy atom. The zero-order valence-corrected chi connectivity index (χ0v) is 25.8. The molecule has 0 fully saturated rings. The number of fused-ring (bicyclic) bond motifs is 1. The van der Waals surface area contributed by atoms with Gasteiger partial charge in [0.05, 0.1) is 34.1 Å². The van der Waals surface area contributed by atoms with Gasteiger partial charge in [-0.1, -0.05) is 27.7 Å². The molecule has 1 N–H and O–H groups in total. The maximum Gasteiger partial charge on any atom is 0.418 e. The summed E-state index contributed by atoms with van der Waals surface area (Å²) >= 11 is 0. The van der Waals surface area contributed by atoms with Gasteiger partial charge in [0.15, 0.2) is 8.32 Å². The van der Waals surface area contributed by atoms with E-state index in [1.165, 1.54) is 13.6 Å². The molecule has 0 bridgehead atoms. The standard InChI is InChI=1S/C30H31BF3N6O2Si/c1-28(2,3)43(5,6)42-17-29(4)16-40(31-18-41)26-21(15-36)12-20(13-23(26)29)24-9-10-37-27(38-24)39-25-11-19(14-35)7-8-22(25)30(32,33)34/h7-13,18H,16-17H2,1-6H3,(H,37,38,39)/t29-/m1/s1. The number of carbonyl (C=O) groups excluding carboxylic acids is 1. The molecular weight excluding hydrogens is 572 g/mol. The number of benzene rings is 2. The number of nitrogens with zero attached hydrogens (tertiary/aromatic N) is 5. The van der Waals surface area contributed by atoms with Crippen LogP contribution in [0.25, 0.3) is 11.3 Å². The van der Waals surface area contributed by atoms with Gasteiger partial charge in [-0.05, 0) is 60.1 Å². The molecule has 43 heavy (non-hydrogen) atoms. The first-order chi connectivity index (χ1) is 20.0. The molecule has 3 aromatic rings. The lowest BCUT2D eigenvalue weighted by atomic mass is 9.83. The smallest absolute Gasteiger partial charge is 0.416 e. The number of nitriles is 2. The number of nitrogens with one attached hydrogen (secondary N) is 1. The number of alkyl halides is 3. The van der Waals surface area contributed by atoms with Crippen LogP contribution >= 0.6 is 0 Å². The predicted octanol–water partition coefficient (Wildman–Crippen LogP) is 6.56. The third-order valence-electron chi connectivity index (χ3n) is 8.14. The topological polar surface area (TPSA) is 115 Å².